The Bertz CT molecular complexity index is 146. The van der Waals surface area contributed by atoms with Crippen molar-refractivity contribution in [3.8, 4) is 0 Å². The number of hydrogen-bond donors (Lipinski definition) is 1. The molecule has 1 N–H and O–H groups in total. The molecule has 16 heavy (non-hydrogen) atoms. The number of nitrogens with zero attached hydrogens (tertiary/aromatic N) is 1. The topological polar surface area (TPSA) is 15.3 Å². The first kappa shape index (κ1) is 15.7. The zero-order chi connectivity index (χ0) is 12.1. The lowest BCUT2D eigenvalue weighted by molar-refractivity contribution is 0.320. The van der Waals surface area contributed by atoms with Gasteiger partial charge < -0.3 is 10.2 Å². The molecule has 0 aromatic heterocycles. The van der Waals surface area contributed by atoms with Crippen molar-refractivity contribution in [2.24, 2.45) is 0 Å². The predicted octanol–water partition coefficient (Wildman–Crippen LogP) is 3.05. The van der Waals surface area contributed by atoms with Crippen LogP contribution in [0.5, 0.6) is 0 Å². The van der Waals surface area contributed by atoms with Crippen molar-refractivity contribution in [1.29, 1.82) is 0 Å². The van der Waals surface area contributed by atoms with Crippen LogP contribution in [0.4, 0.5) is 0 Å². The van der Waals surface area contributed by atoms with Gasteiger partial charge in [-0.3, -0.25) is 0 Å². The van der Waals surface area contributed by atoms with Crippen LogP contribution in [-0.2, 0) is 0 Å². The molecule has 0 fully saturated rings. The Morgan fingerprint density at radius 3 is 2.44 bits per heavy atom. The molecule has 0 radical (unpaired) electrons. The van der Waals surface area contributed by atoms with Crippen LogP contribution in [0.2, 0.25) is 0 Å². The first-order valence-electron chi connectivity index (χ1n) is 6.81. The second-order valence-electron chi connectivity index (χ2n) is 4.50. The monoisotopic (exact) mass is 226 g/mol. The van der Waals surface area contributed by atoms with E-state index in [4.69, 9.17) is 0 Å². The van der Waals surface area contributed by atoms with Crippen molar-refractivity contribution >= 4 is 0 Å². The first-order chi connectivity index (χ1) is 7.81. The second kappa shape index (κ2) is 12.7. The number of rotatable bonds is 12. The largest absolute Gasteiger partial charge is 0.317 e. The second-order valence-corrected chi connectivity index (χ2v) is 4.50. The highest BCUT2D eigenvalue weighted by molar-refractivity contribution is 4.66. The predicted molar refractivity (Wildman–Crippen MR) is 73.9 cm³/mol. The molecule has 0 unspecified atom stereocenters. The van der Waals surface area contributed by atoms with Crippen molar-refractivity contribution < 1.29 is 0 Å². The minimum absolute atomic E-state index is 1.10. The first-order valence-corrected chi connectivity index (χ1v) is 6.81. The zero-order valence-electron chi connectivity index (χ0n) is 11.3. The molecule has 0 saturated carbocycles. The number of allylic oxidation sites excluding steroid dienone is 1. The Labute approximate surface area is 102 Å². The van der Waals surface area contributed by atoms with Crippen LogP contribution in [0.15, 0.2) is 12.7 Å². The highest BCUT2D eigenvalue weighted by Crippen LogP contribution is 2.01. The van der Waals surface area contributed by atoms with Crippen molar-refractivity contribution in [3.63, 3.8) is 0 Å². The van der Waals surface area contributed by atoms with Gasteiger partial charge in [0.25, 0.3) is 0 Å². The fourth-order valence-corrected chi connectivity index (χ4v) is 1.78. The van der Waals surface area contributed by atoms with Crippen molar-refractivity contribution in [2.75, 3.05) is 33.2 Å². The van der Waals surface area contributed by atoms with Gasteiger partial charge in [-0.2, -0.15) is 0 Å². The molecular formula is C14H30N2. The molecule has 0 atom stereocenters. The van der Waals surface area contributed by atoms with Crippen molar-refractivity contribution in [1.82, 2.24) is 10.2 Å². The van der Waals surface area contributed by atoms with E-state index in [1.54, 1.807) is 0 Å². The Balaban J connectivity index is 3.08. The van der Waals surface area contributed by atoms with Gasteiger partial charge in [-0.15, -0.1) is 6.58 Å². The Hall–Kier alpha value is -0.340. The number of hydrogen-bond acceptors (Lipinski definition) is 2. The molecule has 2 nitrogen and oxygen atoms in total. The molecule has 0 aliphatic heterocycles. The summed E-state index contributed by atoms with van der Waals surface area (Å²) in [5, 5.41) is 3.36. The quantitative estimate of drug-likeness (QED) is 0.406. The van der Waals surface area contributed by atoms with Gasteiger partial charge in [0.05, 0.1) is 0 Å². The summed E-state index contributed by atoms with van der Waals surface area (Å²) in [4.78, 5) is 2.44. The molecule has 0 aromatic rings. The molecule has 0 amide bonds. The zero-order valence-corrected chi connectivity index (χ0v) is 11.3. The molecule has 0 spiro atoms. The van der Waals surface area contributed by atoms with E-state index in [2.05, 4.69) is 30.8 Å². The molecule has 0 aliphatic carbocycles. The molecule has 0 rings (SSSR count). The lowest BCUT2D eigenvalue weighted by atomic mass is 10.2. The maximum atomic E-state index is 3.74. The van der Waals surface area contributed by atoms with Gasteiger partial charge in [-0.05, 0) is 58.9 Å². The summed E-state index contributed by atoms with van der Waals surface area (Å²) in [6, 6.07) is 0. The van der Waals surface area contributed by atoms with Gasteiger partial charge in [0.15, 0.2) is 0 Å². The van der Waals surface area contributed by atoms with E-state index in [1.807, 2.05) is 6.08 Å². The highest BCUT2D eigenvalue weighted by Gasteiger charge is 1.97. The molecule has 0 aliphatic rings. The average molecular weight is 226 g/mol. The normalized spacial score (nSPS) is 10.9. The van der Waals surface area contributed by atoms with Crippen LogP contribution >= 0.6 is 0 Å². The SMILES string of the molecule is C=CCCCN(C)CCCCCCNCC. The minimum Gasteiger partial charge on any atom is -0.317 e. The standard InChI is InChI=1S/C14H30N2/c1-4-6-10-13-16(3)14-11-8-7-9-12-15-5-2/h4,15H,1,5-14H2,2-3H3. The molecule has 96 valence electrons. The highest BCUT2D eigenvalue weighted by atomic mass is 15.1. The summed E-state index contributed by atoms with van der Waals surface area (Å²) in [7, 11) is 2.22. The van der Waals surface area contributed by atoms with Crippen LogP contribution in [-0.4, -0.2) is 38.1 Å². The van der Waals surface area contributed by atoms with Gasteiger partial charge in [-0.25, -0.2) is 0 Å². The molecule has 0 aromatic carbocycles. The van der Waals surface area contributed by atoms with Crippen LogP contribution in [0, 0.1) is 0 Å². The lowest BCUT2D eigenvalue weighted by Gasteiger charge is -2.15. The fourth-order valence-electron chi connectivity index (χ4n) is 1.78. The number of nitrogens with one attached hydrogen (secondary N) is 1. The van der Waals surface area contributed by atoms with E-state index in [-0.39, 0.29) is 0 Å². The third kappa shape index (κ3) is 11.7. The molecule has 0 bridgehead atoms. The Morgan fingerprint density at radius 2 is 1.75 bits per heavy atom. The third-order valence-electron chi connectivity index (χ3n) is 2.84. The van der Waals surface area contributed by atoms with E-state index in [9.17, 15) is 0 Å². The van der Waals surface area contributed by atoms with Gasteiger partial charge in [0.2, 0.25) is 0 Å². The minimum atomic E-state index is 1.10. The van der Waals surface area contributed by atoms with Crippen LogP contribution in [0.1, 0.15) is 45.4 Å². The average Bonchev–Trinajstić information content (AvgIpc) is 2.28. The van der Waals surface area contributed by atoms with Gasteiger partial charge in [0, 0.05) is 0 Å². The molecule has 0 heterocycles. The molecule has 2 heteroatoms. The number of unbranched alkanes of at least 4 members (excludes halogenated alkanes) is 4. The van der Waals surface area contributed by atoms with Crippen molar-refractivity contribution in [2.45, 2.75) is 45.4 Å². The summed E-state index contributed by atoms with van der Waals surface area (Å²) in [6.07, 6.45) is 9.82. The summed E-state index contributed by atoms with van der Waals surface area (Å²) in [5.74, 6) is 0. The van der Waals surface area contributed by atoms with E-state index in [0.717, 1.165) is 13.0 Å². The lowest BCUT2D eigenvalue weighted by Crippen LogP contribution is -2.20. The van der Waals surface area contributed by atoms with E-state index in [1.165, 1.54) is 51.7 Å². The molecular weight excluding hydrogens is 196 g/mol. The Kier molecular flexibility index (Phi) is 12.5. The fraction of sp³-hybridized carbons (Fsp3) is 0.857. The van der Waals surface area contributed by atoms with Crippen molar-refractivity contribution in [3.05, 3.63) is 12.7 Å². The maximum absolute atomic E-state index is 3.74. The van der Waals surface area contributed by atoms with E-state index < -0.39 is 0 Å². The van der Waals surface area contributed by atoms with Gasteiger partial charge in [-0.1, -0.05) is 25.8 Å². The van der Waals surface area contributed by atoms with E-state index >= 15 is 0 Å². The van der Waals surface area contributed by atoms with E-state index in [0.29, 0.717) is 0 Å². The van der Waals surface area contributed by atoms with Crippen LogP contribution in [0.25, 0.3) is 0 Å². The third-order valence-corrected chi connectivity index (χ3v) is 2.84. The molecule has 0 saturated heterocycles. The summed E-state index contributed by atoms with van der Waals surface area (Å²) < 4.78 is 0. The van der Waals surface area contributed by atoms with Crippen LogP contribution in [0.3, 0.4) is 0 Å². The van der Waals surface area contributed by atoms with Crippen LogP contribution < -0.4 is 5.32 Å². The van der Waals surface area contributed by atoms with Gasteiger partial charge in [0.1, 0.15) is 0 Å². The summed E-state index contributed by atoms with van der Waals surface area (Å²) >= 11 is 0. The Morgan fingerprint density at radius 1 is 1.06 bits per heavy atom. The summed E-state index contributed by atoms with van der Waals surface area (Å²) in [6.45, 7) is 10.7. The smallest absolute Gasteiger partial charge is 0.00188 e. The summed E-state index contributed by atoms with van der Waals surface area (Å²) in [5.41, 5.74) is 0. The van der Waals surface area contributed by atoms with Gasteiger partial charge >= 0.3 is 0 Å². The maximum Gasteiger partial charge on any atom is -0.00188 e.